The maximum Gasteiger partial charge on any atom is 0.418 e. The van der Waals surface area contributed by atoms with Crippen molar-refractivity contribution in [3.8, 4) is 0 Å². The van der Waals surface area contributed by atoms with E-state index in [4.69, 9.17) is 4.55 Å². The van der Waals surface area contributed by atoms with Gasteiger partial charge in [-0.2, -0.15) is 13.5 Å². The Balaban J connectivity index is 1.54. The second-order valence-corrected chi connectivity index (χ2v) is 11.6. The Morgan fingerprint density at radius 2 is 1.79 bits per heavy atom. The first kappa shape index (κ1) is 28.5. The Labute approximate surface area is 225 Å². The predicted octanol–water partition coefficient (Wildman–Crippen LogP) is -1.33. The lowest BCUT2D eigenvalue weighted by Crippen LogP contribution is -2.66. The van der Waals surface area contributed by atoms with Crippen LogP contribution in [0.4, 0.5) is 9.59 Å². The van der Waals surface area contributed by atoms with Gasteiger partial charge < -0.3 is 19.7 Å². The van der Waals surface area contributed by atoms with E-state index < -0.39 is 52.0 Å². The minimum absolute atomic E-state index is 0.00529. The Morgan fingerprint density at radius 1 is 1.15 bits per heavy atom. The van der Waals surface area contributed by atoms with Crippen molar-refractivity contribution in [1.82, 2.24) is 25.3 Å². The Bertz CT molecular complexity index is 1220. The van der Waals surface area contributed by atoms with Gasteiger partial charge in [0.2, 0.25) is 5.91 Å². The normalized spacial score (nSPS) is 22.1. The first-order valence-electron chi connectivity index (χ1n) is 12.6. The summed E-state index contributed by atoms with van der Waals surface area (Å²) in [7, 11) is -4.94. The van der Waals surface area contributed by atoms with Crippen LogP contribution >= 0.6 is 0 Å². The zero-order valence-electron chi connectivity index (χ0n) is 21.6. The van der Waals surface area contributed by atoms with Gasteiger partial charge in [-0.3, -0.25) is 19.6 Å². The van der Waals surface area contributed by atoms with E-state index in [0.717, 1.165) is 9.80 Å². The summed E-state index contributed by atoms with van der Waals surface area (Å²) in [5.74, 6) is -1.58. The van der Waals surface area contributed by atoms with Crippen molar-refractivity contribution in [1.29, 1.82) is 0 Å². The van der Waals surface area contributed by atoms with Gasteiger partial charge >= 0.3 is 16.4 Å². The second kappa shape index (κ2) is 10.9. The molecule has 15 nitrogen and oxygen atoms in total. The molecule has 0 spiro atoms. The molecule has 3 aliphatic heterocycles. The van der Waals surface area contributed by atoms with Crippen molar-refractivity contribution >= 4 is 34.3 Å². The van der Waals surface area contributed by atoms with E-state index >= 15 is 0 Å². The number of hydrogen-bond donors (Lipinski definition) is 2. The molecular formula is C23H32N6O9S. The molecule has 214 valence electrons. The van der Waals surface area contributed by atoms with E-state index in [1.165, 1.54) is 5.01 Å². The Morgan fingerprint density at radius 3 is 2.38 bits per heavy atom. The van der Waals surface area contributed by atoms with Crippen LogP contribution in [0.3, 0.4) is 0 Å². The zero-order chi connectivity index (χ0) is 28.5. The number of rotatable bonds is 7. The number of hydroxylamine groups is 2. The molecule has 39 heavy (non-hydrogen) atoms. The summed E-state index contributed by atoms with van der Waals surface area (Å²) in [6, 6.07) is 2.93. The molecule has 5 amide bonds. The van der Waals surface area contributed by atoms with Gasteiger partial charge in [-0.15, -0.1) is 4.28 Å². The standard InChI is InChI=1S/C23H32N6O9S/c1-23(2,15-25-10-4-3-5-11-25)29(20(31)16-8-12-26(13-9-16)22(33)34)24-19(30)18-7-6-17-14-27(18)21(32)28(17)38-39(35,36)37/h3-5,10-11,16-18H,6-9,12-15H2,1-2H3,(H2-,24,30,33,34,35,36,37)/t17-,18+/m1/s1. The number of amides is 5. The molecule has 3 saturated heterocycles. The first-order valence-corrected chi connectivity index (χ1v) is 13.9. The zero-order valence-corrected chi connectivity index (χ0v) is 22.4. The smallest absolute Gasteiger partial charge is 0.418 e. The number of nitrogens with zero attached hydrogens (tertiary/aromatic N) is 5. The number of hydrogen-bond acceptors (Lipinski definition) is 8. The molecule has 4 rings (SSSR count). The maximum atomic E-state index is 13.8. The van der Waals surface area contributed by atoms with E-state index in [-0.39, 0.29) is 51.2 Å². The highest BCUT2D eigenvalue weighted by molar-refractivity contribution is 7.80. The lowest BCUT2D eigenvalue weighted by Gasteiger charge is -2.41. The number of pyridine rings is 1. The van der Waals surface area contributed by atoms with Gasteiger partial charge in [0.15, 0.2) is 18.9 Å². The van der Waals surface area contributed by atoms with Crippen LogP contribution in [-0.4, -0.2) is 94.0 Å². The third-order valence-electron chi connectivity index (χ3n) is 7.30. The van der Waals surface area contributed by atoms with Gasteiger partial charge in [0.25, 0.3) is 5.91 Å². The number of carbonyl (C=O) groups excluding carboxylic acids is 4. The van der Waals surface area contributed by atoms with Crippen LogP contribution in [-0.2, 0) is 30.8 Å². The number of aromatic nitrogens is 1. The lowest BCUT2D eigenvalue weighted by atomic mass is 9.93. The van der Waals surface area contributed by atoms with E-state index in [1.807, 2.05) is 35.2 Å². The summed E-state index contributed by atoms with van der Waals surface area (Å²) in [6.07, 6.45) is 3.25. The molecule has 0 aliphatic carbocycles. The van der Waals surface area contributed by atoms with Crippen LogP contribution in [0.15, 0.2) is 30.6 Å². The average Bonchev–Trinajstić information content (AvgIpc) is 3.10. The largest absolute Gasteiger partial charge is 0.530 e. The summed E-state index contributed by atoms with van der Waals surface area (Å²) >= 11 is 0. The van der Waals surface area contributed by atoms with Gasteiger partial charge in [-0.1, -0.05) is 6.07 Å². The molecule has 1 aromatic rings. The lowest BCUT2D eigenvalue weighted by molar-refractivity contribution is -0.706. The maximum absolute atomic E-state index is 13.8. The first-order chi connectivity index (χ1) is 18.3. The molecule has 3 aliphatic rings. The van der Waals surface area contributed by atoms with E-state index in [9.17, 15) is 32.7 Å². The third-order valence-corrected chi connectivity index (χ3v) is 7.65. The number of piperidine rings is 2. The molecule has 0 saturated carbocycles. The summed E-state index contributed by atoms with van der Waals surface area (Å²) < 4.78 is 37.7. The quantitative estimate of drug-likeness (QED) is 0.229. The third kappa shape index (κ3) is 6.39. The van der Waals surface area contributed by atoms with Crippen molar-refractivity contribution < 1.29 is 46.1 Å². The van der Waals surface area contributed by atoms with E-state index in [1.54, 1.807) is 13.8 Å². The summed E-state index contributed by atoms with van der Waals surface area (Å²) in [4.78, 5) is 53.6. The fourth-order valence-electron chi connectivity index (χ4n) is 5.34. The number of fused-ring (bicyclic) bond motifs is 2. The van der Waals surface area contributed by atoms with Crippen LogP contribution in [0.1, 0.15) is 39.5 Å². The monoisotopic (exact) mass is 568 g/mol. The predicted molar refractivity (Wildman–Crippen MR) is 129 cm³/mol. The molecule has 0 unspecified atom stereocenters. The van der Waals surface area contributed by atoms with Crippen LogP contribution in [0, 0.1) is 5.92 Å². The molecule has 2 bridgehead atoms. The van der Waals surface area contributed by atoms with Crippen LogP contribution in [0.2, 0.25) is 0 Å². The van der Waals surface area contributed by atoms with Gasteiger partial charge in [0.05, 0.1) is 6.04 Å². The van der Waals surface area contributed by atoms with Crippen molar-refractivity contribution in [2.24, 2.45) is 5.92 Å². The molecule has 4 heterocycles. The Kier molecular flexibility index (Phi) is 7.99. The number of carbonyl (C=O) groups is 4. The molecule has 0 radical (unpaired) electrons. The summed E-state index contributed by atoms with van der Waals surface area (Å²) in [6.45, 7) is 4.13. The molecule has 16 heteroatoms. The van der Waals surface area contributed by atoms with Crippen LogP contribution < -0.4 is 15.1 Å². The average molecular weight is 569 g/mol. The topological polar surface area (TPSA) is 184 Å². The van der Waals surface area contributed by atoms with Crippen molar-refractivity contribution in [2.45, 2.75) is 63.7 Å². The highest BCUT2D eigenvalue weighted by atomic mass is 32.3. The summed E-state index contributed by atoms with van der Waals surface area (Å²) in [5, 5.41) is 13.0. The second-order valence-electron chi connectivity index (χ2n) is 10.5. The number of carboxylic acid groups (broad SMARTS) is 1. The van der Waals surface area contributed by atoms with Gasteiger partial charge in [-0.25, -0.2) is 14.4 Å². The molecular weight excluding hydrogens is 536 g/mol. The van der Waals surface area contributed by atoms with E-state index in [0.29, 0.717) is 11.6 Å². The molecule has 1 aromatic heterocycles. The number of likely N-dealkylation sites (tertiary alicyclic amines) is 1. The fourth-order valence-corrected chi connectivity index (χ4v) is 5.73. The highest BCUT2D eigenvalue weighted by Gasteiger charge is 2.50. The van der Waals surface area contributed by atoms with Gasteiger partial charge in [0, 0.05) is 37.7 Å². The molecule has 2 atom stereocenters. The summed E-state index contributed by atoms with van der Waals surface area (Å²) in [5.41, 5.74) is 1.77. The van der Waals surface area contributed by atoms with Crippen LogP contribution in [0.25, 0.3) is 0 Å². The molecule has 0 aromatic carbocycles. The van der Waals surface area contributed by atoms with Crippen molar-refractivity contribution in [2.75, 3.05) is 19.6 Å². The minimum Gasteiger partial charge on any atom is -0.530 e. The SMILES string of the molecule is CC(C)(C[n+]1ccccc1)N(NC(=O)[C@@H]1CC[C@@H]2CN1C(=O)N2OS(=O)(=O)O)C(=O)C1CCN(C(=O)[O-])CC1. The minimum atomic E-state index is -4.94. The Hall–Kier alpha value is -3.50. The number of urea groups is 1. The van der Waals surface area contributed by atoms with Gasteiger partial charge in [-0.05, 0) is 39.5 Å². The van der Waals surface area contributed by atoms with Gasteiger partial charge in [0.1, 0.15) is 17.7 Å². The number of hydrazine groups is 1. The van der Waals surface area contributed by atoms with Crippen molar-refractivity contribution in [3.05, 3.63) is 30.6 Å². The molecule has 2 N–H and O–H groups in total. The number of nitrogens with one attached hydrogen (secondary N) is 1. The molecule has 3 fully saturated rings. The van der Waals surface area contributed by atoms with Crippen molar-refractivity contribution in [3.63, 3.8) is 0 Å². The van der Waals surface area contributed by atoms with Crippen LogP contribution in [0.5, 0.6) is 0 Å². The fraction of sp³-hybridized carbons (Fsp3) is 0.609. The van der Waals surface area contributed by atoms with E-state index in [2.05, 4.69) is 9.71 Å². The highest BCUT2D eigenvalue weighted by Crippen LogP contribution is 2.31.